The molecule has 4 heteroatoms. The molecule has 86 valence electrons. The van der Waals surface area contributed by atoms with Crippen LogP contribution in [0.4, 0.5) is 5.69 Å². The number of anilines is 1. The number of carbonyl (C=O) groups is 1. The molecule has 3 nitrogen and oxygen atoms in total. The van der Waals surface area contributed by atoms with E-state index >= 15 is 0 Å². The molecule has 1 fully saturated rings. The van der Waals surface area contributed by atoms with E-state index < -0.39 is 0 Å². The molecule has 1 unspecified atom stereocenters. The second-order valence-electron chi connectivity index (χ2n) is 4.01. The Hall–Kier alpha value is -0.870. The summed E-state index contributed by atoms with van der Waals surface area (Å²) in [5, 5.41) is 6.20. The van der Waals surface area contributed by atoms with Crippen LogP contribution >= 0.6 is 15.9 Å². The Kier molecular flexibility index (Phi) is 3.96. The van der Waals surface area contributed by atoms with Gasteiger partial charge in [-0.1, -0.05) is 12.1 Å². The summed E-state index contributed by atoms with van der Waals surface area (Å²) in [5.41, 5.74) is 0.845. The molecule has 2 rings (SSSR count). The van der Waals surface area contributed by atoms with E-state index in [-0.39, 0.29) is 11.8 Å². The van der Waals surface area contributed by atoms with E-state index in [0.717, 1.165) is 36.1 Å². The average Bonchev–Trinajstić information content (AvgIpc) is 2.33. The van der Waals surface area contributed by atoms with E-state index in [2.05, 4.69) is 26.6 Å². The molecule has 0 saturated carbocycles. The van der Waals surface area contributed by atoms with Gasteiger partial charge in [0, 0.05) is 11.0 Å². The van der Waals surface area contributed by atoms with Gasteiger partial charge in [-0.15, -0.1) is 0 Å². The van der Waals surface area contributed by atoms with Gasteiger partial charge in [0.15, 0.2) is 0 Å². The van der Waals surface area contributed by atoms with Crippen molar-refractivity contribution in [1.82, 2.24) is 5.32 Å². The third-order valence-corrected chi connectivity index (χ3v) is 3.49. The SMILES string of the molecule is O=C(Nc1ccccc1Br)C1CCCNC1. The number of hydrogen-bond acceptors (Lipinski definition) is 2. The van der Waals surface area contributed by atoms with Crippen LogP contribution in [0.5, 0.6) is 0 Å². The fourth-order valence-electron chi connectivity index (χ4n) is 1.87. The standard InChI is InChI=1S/C12H15BrN2O/c13-10-5-1-2-6-11(10)15-12(16)9-4-3-7-14-8-9/h1-2,5-6,9,14H,3-4,7-8H2,(H,15,16). The van der Waals surface area contributed by atoms with E-state index in [9.17, 15) is 4.79 Å². The van der Waals surface area contributed by atoms with Crippen LogP contribution in [0, 0.1) is 5.92 Å². The first-order valence-electron chi connectivity index (χ1n) is 5.53. The summed E-state index contributed by atoms with van der Waals surface area (Å²) >= 11 is 3.42. The number of amides is 1. The molecule has 0 bridgehead atoms. The monoisotopic (exact) mass is 282 g/mol. The molecule has 0 aliphatic carbocycles. The zero-order chi connectivity index (χ0) is 11.4. The van der Waals surface area contributed by atoms with Crippen molar-refractivity contribution < 1.29 is 4.79 Å². The first-order valence-corrected chi connectivity index (χ1v) is 6.33. The topological polar surface area (TPSA) is 41.1 Å². The minimum Gasteiger partial charge on any atom is -0.325 e. The minimum atomic E-state index is 0.0980. The van der Waals surface area contributed by atoms with Crippen molar-refractivity contribution in [2.75, 3.05) is 18.4 Å². The molecule has 1 heterocycles. The second kappa shape index (κ2) is 5.46. The summed E-state index contributed by atoms with van der Waals surface area (Å²) in [4.78, 5) is 11.9. The Labute approximate surface area is 104 Å². The Morgan fingerprint density at radius 2 is 2.25 bits per heavy atom. The quantitative estimate of drug-likeness (QED) is 0.875. The van der Waals surface area contributed by atoms with Crippen molar-refractivity contribution in [3.05, 3.63) is 28.7 Å². The highest BCUT2D eigenvalue weighted by molar-refractivity contribution is 9.10. The van der Waals surface area contributed by atoms with Gasteiger partial charge in [0.2, 0.25) is 5.91 Å². The number of nitrogens with one attached hydrogen (secondary N) is 2. The van der Waals surface area contributed by atoms with Gasteiger partial charge in [-0.3, -0.25) is 4.79 Å². The van der Waals surface area contributed by atoms with Crippen LogP contribution in [0.3, 0.4) is 0 Å². The van der Waals surface area contributed by atoms with Crippen LogP contribution in [-0.4, -0.2) is 19.0 Å². The van der Waals surface area contributed by atoms with Crippen molar-refractivity contribution in [1.29, 1.82) is 0 Å². The van der Waals surface area contributed by atoms with E-state index in [1.54, 1.807) is 0 Å². The average molecular weight is 283 g/mol. The van der Waals surface area contributed by atoms with Gasteiger partial charge in [-0.2, -0.15) is 0 Å². The highest BCUT2D eigenvalue weighted by Gasteiger charge is 2.21. The van der Waals surface area contributed by atoms with Crippen molar-refractivity contribution in [2.45, 2.75) is 12.8 Å². The summed E-state index contributed by atoms with van der Waals surface area (Å²) in [6, 6.07) is 7.67. The summed E-state index contributed by atoms with van der Waals surface area (Å²) in [6.07, 6.45) is 2.05. The summed E-state index contributed by atoms with van der Waals surface area (Å²) in [7, 11) is 0. The lowest BCUT2D eigenvalue weighted by atomic mass is 9.99. The van der Waals surface area contributed by atoms with Crippen LogP contribution in [0.15, 0.2) is 28.7 Å². The Morgan fingerprint density at radius 3 is 2.94 bits per heavy atom. The predicted octanol–water partition coefficient (Wildman–Crippen LogP) is 2.39. The lowest BCUT2D eigenvalue weighted by molar-refractivity contribution is -0.120. The van der Waals surface area contributed by atoms with Gasteiger partial charge >= 0.3 is 0 Å². The predicted molar refractivity (Wildman–Crippen MR) is 68.4 cm³/mol. The van der Waals surface area contributed by atoms with E-state index in [1.165, 1.54) is 0 Å². The fourth-order valence-corrected chi connectivity index (χ4v) is 2.26. The molecule has 16 heavy (non-hydrogen) atoms. The van der Waals surface area contributed by atoms with Crippen molar-refractivity contribution in [2.24, 2.45) is 5.92 Å². The molecule has 2 N–H and O–H groups in total. The maximum absolute atomic E-state index is 11.9. The molecule has 0 radical (unpaired) electrons. The molecule has 1 amide bonds. The lowest BCUT2D eigenvalue weighted by Gasteiger charge is -2.22. The molecule has 1 aromatic rings. The molecular weight excluding hydrogens is 268 g/mol. The number of rotatable bonds is 2. The zero-order valence-corrected chi connectivity index (χ0v) is 10.6. The molecule has 1 aliphatic heterocycles. The highest BCUT2D eigenvalue weighted by atomic mass is 79.9. The van der Waals surface area contributed by atoms with Crippen LogP contribution in [0.1, 0.15) is 12.8 Å². The van der Waals surface area contributed by atoms with E-state index in [0.29, 0.717) is 0 Å². The number of para-hydroxylation sites is 1. The third kappa shape index (κ3) is 2.83. The van der Waals surface area contributed by atoms with Crippen LogP contribution in [0.25, 0.3) is 0 Å². The zero-order valence-electron chi connectivity index (χ0n) is 9.00. The largest absolute Gasteiger partial charge is 0.325 e. The van der Waals surface area contributed by atoms with Crippen LogP contribution < -0.4 is 10.6 Å². The lowest BCUT2D eigenvalue weighted by Crippen LogP contribution is -2.37. The van der Waals surface area contributed by atoms with Crippen LogP contribution in [-0.2, 0) is 4.79 Å². The maximum Gasteiger partial charge on any atom is 0.228 e. The fraction of sp³-hybridized carbons (Fsp3) is 0.417. The Bertz CT molecular complexity index is 375. The van der Waals surface area contributed by atoms with Crippen LogP contribution in [0.2, 0.25) is 0 Å². The van der Waals surface area contributed by atoms with Crippen molar-refractivity contribution in [3.8, 4) is 0 Å². The van der Waals surface area contributed by atoms with Gasteiger partial charge in [0.1, 0.15) is 0 Å². The molecule has 1 saturated heterocycles. The van der Waals surface area contributed by atoms with E-state index in [4.69, 9.17) is 0 Å². The van der Waals surface area contributed by atoms with Gasteiger partial charge < -0.3 is 10.6 Å². The number of halogens is 1. The number of benzene rings is 1. The first kappa shape index (κ1) is 11.6. The first-order chi connectivity index (χ1) is 7.77. The van der Waals surface area contributed by atoms with Crippen molar-refractivity contribution in [3.63, 3.8) is 0 Å². The Morgan fingerprint density at radius 1 is 1.44 bits per heavy atom. The summed E-state index contributed by atoms with van der Waals surface area (Å²) < 4.78 is 0.923. The minimum absolute atomic E-state index is 0.0980. The van der Waals surface area contributed by atoms with Crippen molar-refractivity contribution >= 4 is 27.5 Å². The second-order valence-corrected chi connectivity index (χ2v) is 4.87. The highest BCUT2D eigenvalue weighted by Crippen LogP contribution is 2.22. The third-order valence-electron chi connectivity index (χ3n) is 2.80. The van der Waals surface area contributed by atoms with Gasteiger partial charge in [0.05, 0.1) is 11.6 Å². The molecule has 0 spiro atoms. The Balaban J connectivity index is 1.99. The normalized spacial score (nSPS) is 20.4. The smallest absolute Gasteiger partial charge is 0.228 e. The molecule has 0 aromatic heterocycles. The summed E-state index contributed by atoms with van der Waals surface area (Å²) in [6.45, 7) is 1.81. The number of hydrogen-bond donors (Lipinski definition) is 2. The number of piperidine rings is 1. The molecular formula is C12H15BrN2O. The van der Waals surface area contributed by atoms with Gasteiger partial charge in [-0.05, 0) is 47.4 Å². The van der Waals surface area contributed by atoms with E-state index in [1.807, 2.05) is 24.3 Å². The molecule has 1 aromatic carbocycles. The maximum atomic E-state index is 11.9. The summed E-state index contributed by atoms with van der Waals surface area (Å²) in [5.74, 6) is 0.208. The molecule has 1 aliphatic rings. The molecule has 1 atom stereocenters. The van der Waals surface area contributed by atoms with Gasteiger partial charge in [-0.25, -0.2) is 0 Å². The number of carbonyl (C=O) groups excluding carboxylic acids is 1. The van der Waals surface area contributed by atoms with Gasteiger partial charge in [0.25, 0.3) is 0 Å².